The molecule has 4 rings (SSSR count). The molecule has 3 N–H and O–H groups in total. The van der Waals surface area contributed by atoms with Crippen LogP contribution in [0.15, 0.2) is 48.5 Å². The molecular formula is C29H25Cl6N3O4. The molecule has 3 aromatic carbocycles. The first-order chi connectivity index (χ1) is 19.5. The average Bonchev–Trinajstić information content (AvgIpc) is 3.45. The second kappa shape index (κ2) is 12.3. The highest BCUT2D eigenvalue weighted by Crippen LogP contribution is 2.65. The van der Waals surface area contributed by atoms with Gasteiger partial charge in [-0.15, -0.1) is 23.2 Å². The number of benzene rings is 3. The van der Waals surface area contributed by atoms with Gasteiger partial charge >= 0.3 is 6.09 Å². The second-order valence-corrected chi connectivity index (χ2v) is 13.8. The lowest BCUT2D eigenvalue weighted by atomic mass is 10.1. The van der Waals surface area contributed by atoms with Crippen LogP contribution in [-0.4, -0.2) is 27.8 Å². The highest BCUT2D eigenvalue weighted by Gasteiger charge is 2.67. The molecular weight excluding hydrogens is 667 g/mol. The van der Waals surface area contributed by atoms with Crippen molar-refractivity contribution in [3.8, 4) is 0 Å². The van der Waals surface area contributed by atoms with E-state index in [9.17, 15) is 14.4 Å². The maximum atomic E-state index is 13.2. The summed E-state index contributed by atoms with van der Waals surface area (Å²) in [5.41, 5.74) is 2.03. The molecule has 0 unspecified atom stereocenters. The van der Waals surface area contributed by atoms with E-state index in [1.165, 1.54) is 12.1 Å². The molecule has 1 aliphatic rings. The predicted molar refractivity (Wildman–Crippen MR) is 171 cm³/mol. The SMILES string of the molecule is Cc1cc(NC(=O)OC(C)(C)C)ccc1NC(=O)c1cc(NC(=O)[C@H]2[C@H](c3cc(Cl)c(Cl)c(Cl)c3)C2(Cl)Cl)ccc1Cl. The van der Waals surface area contributed by atoms with Crippen LogP contribution in [0.3, 0.4) is 0 Å². The lowest BCUT2D eigenvalue weighted by Gasteiger charge is -2.20. The van der Waals surface area contributed by atoms with Gasteiger partial charge in [0.1, 0.15) is 9.93 Å². The maximum Gasteiger partial charge on any atom is 0.412 e. The normalized spacial score (nSPS) is 17.3. The summed E-state index contributed by atoms with van der Waals surface area (Å²) in [6, 6.07) is 12.6. The largest absolute Gasteiger partial charge is 0.444 e. The molecule has 13 heteroatoms. The number of carbonyl (C=O) groups is 3. The molecule has 0 saturated heterocycles. The van der Waals surface area contributed by atoms with Crippen LogP contribution in [0.5, 0.6) is 0 Å². The number of nitrogens with one attached hydrogen (secondary N) is 3. The van der Waals surface area contributed by atoms with Crippen molar-refractivity contribution < 1.29 is 19.1 Å². The molecule has 42 heavy (non-hydrogen) atoms. The molecule has 1 fully saturated rings. The molecule has 1 aliphatic carbocycles. The quantitative estimate of drug-likeness (QED) is 0.177. The van der Waals surface area contributed by atoms with Crippen LogP contribution in [0.2, 0.25) is 20.1 Å². The third-order valence-electron chi connectivity index (χ3n) is 6.30. The molecule has 3 aromatic rings. The molecule has 1 saturated carbocycles. The highest BCUT2D eigenvalue weighted by atomic mass is 35.5. The van der Waals surface area contributed by atoms with Crippen molar-refractivity contribution in [3.63, 3.8) is 0 Å². The van der Waals surface area contributed by atoms with E-state index in [0.29, 0.717) is 28.2 Å². The molecule has 0 heterocycles. The van der Waals surface area contributed by atoms with Crippen molar-refractivity contribution in [2.45, 2.75) is 43.5 Å². The zero-order chi connectivity index (χ0) is 31.1. The molecule has 222 valence electrons. The van der Waals surface area contributed by atoms with Gasteiger partial charge in [-0.05, 0) is 87.4 Å². The fraction of sp³-hybridized carbons (Fsp3) is 0.276. The van der Waals surface area contributed by atoms with Gasteiger partial charge in [-0.3, -0.25) is 14.9 Å². The smallest absolute Gasteiger partial charge is 0.412 e. The Labute approximate surface area is 273 Å². The van der Waals surface area contributed by atoms with Crippen molar-refractivity contribution in [2.75, 3.05) is 16.0 Å². The van der Waals surface area contributed by atoms with E-state index in [2.05, 4.69) is 16.0 Å². The molecule has 0 radical (unpaired) electrons. The zero-order valence-corrected chi connectivity index (χ0v) is 27.2. The fourth-order valence-corrected chi connectivity index (χ4v) is 5.96. The van der Waals surface area contributed by atoms with Gasteiger partial charge in [0.2, 0.25) is 5.91 Å². The van der Waals surface area contributed by atoms with Gasteiger partial charge in [-0.1, -0.05) is 46.4 Å². The number of rotatable bonds is 6. The van der Waals surface area contributed by atoms with Crippen LogP contribution in [0.1, 0.15) is 48.2 Å². The summed E-state index contributed by atoms with van der Waals surface area (Å²) in [4.78, 5) is 38.4. The van der Waals surface area contributed by atoms with E-state index >= 15 is 0 Å². The number of carbonyl (C=O) groups excluding carboxylic acids is 3. The summed E-state index contributed by atoms with van der Waals surface area (Å²) in [7, 11) is 0. The van der Waals surface area contributed by atoms with Gasteiger partial charge in [0.15, 0.2) is 0 Å². The van der Waals surface area contributed by atoms with E-state index in [4.69, 9.17) is 74.3 Å². The summed E-state index contributed by atoms with van der Waals surface area (Å²) in [5.74, 6) is -2.38. The van der Waals surface area contributed by atoms with Crippen molar-refractivity contribution in [3.05, 3.63) is 85.3 Å². The number of amides is 3. The first-order valence-corrected chi connectivity index (χ1v) is 14.8. The van der Waals surface area contributed by atoms with E-state index in [0.717, 1.165) is 0 Å². The Kier molecular flexibility index (Phi) is 9.53. The minimum Gasteiger partial charge on any atom is -0.444 e. The molecule has 0 bridgehead atoms. The van der Waals surface area contributed by atoms with Crippen molar-refractivity contribution in [2.24, 2.45) is 5.92 Å². The predicted octanol–water partition coefficient (Wildman–Crippen LogP) is 9.73. The summed E-state index contributed by atoms with van der Waals surface area (Å²) in [5, 5.41) is 8.99. The summed E-state index contributed by atoms with van der Waals surface area (Å²) >= 11 is 37.6. The van der Waals surface area contributed by atoms with Crippen LogP contribution < -0.4 is 16.0 Å². The minimum absolute atomic E-state index is 0.122. The molecule has 7 nitrogen and oxygen atoms in total. The molecule has 3 amide bonds. The molecule has 0 aliphatic heterocycles. The number of halogens is 6. The van der Waals surface area contributed by atoms with Crippen LogP contribution in [-0.2, 0) is 9.53 Å². The Morgan fingerprint density at radius 3 is 2.00 bits per heavy atom. The van der Waals surface area contributed by atoms with Crippen molar-refractivity contribution in [1.29, 1.82) is 0 Å². The summed E-state index contributed by atoms with van der Waals surface area (Å²) in [6.07, 6.45) is -0.594. The highest BCUT2D eigenvalue weighted by molar-refractivity contribution is 6.54. The molecule has 0 aromatic heterocycles. The Balaban J connectivity index is 1.45. The van der Waals surface area contributed by atoms with Crippen molar-refractivity contribution in [1.82, 2.24) is 0 Å². The van der Waals surface area contributed by atoms with Crippen LogP contribution in [0.25, 0.3) is 0 Å². The number of aryl methyl sites for hydroxylation is 1. The third-order valence-corrected chi connectivity index (χ3v) is 8.77. The van der Waals surface area contributed by atoms with Crippen molar-refractivity contribution >= 4 is 105 Å². The van der Waals surface area contributed by atoms with E-state index in [1.807, 2.05) is 0 Å². The number of hydrogen-bond donors (Lipinski definition) is 3. The van der Waals surface area contributed by atoms with Crippen LogP contribution >= 0.6 is 69.6 Å². The number of hydrogen-bond acceptors (Lipinski definition) is 4. The lowest BCUT2D eigenvalue weighted by molar-refractivity contribution is -0.117. The lowest BCUT2D eigenvalue weighted by Crippen LogP contribution is -2.27. The zero-order valence-electron chi connectivity index (χ0n) is 22.7. The Hall–Kier alpha value is -2.39. The minimum atomic E-state index is -1.40. The van der Waals surface area contributed by atoms with Gasteiger partial charge in [-0.25, -0.2) is 4.79 Å². The van der Waals surface area contributed by atoms with E-state index in [1.54, 1.807) is 64.1 Å². The Bertz CT molecular complexity index is 1570. The number of alkyl halides is 2. The topological polar surface area (TPSA) is 96.5 Å². The Morgan fingerprint density at radius 2 is 1.40 bits per heavy atom. The van der Waals surface area contributed by atoms with E-state index in [-0.39, 0.29) is 25.7 Å². The van der Waals surface area contributed by atoms with Crippen LogP contribution in [0.4, 0.5) is 21.9 Å². The number of ether oxygens (including phenoxy) is 1. The van der Waals surface area contributed by atoms with E-state index < -0.39 is 39.7 Å². The number of anilines is 3. The average molecular weight is 692 g/mol. The van der Waals surface area contributed by atoms with Gasteiger partial charge in [0.25, 0.3) is 5.91 Å². The van der Waals surface area contributed by atoms with Gasteiger partial charge in [0.05, 0.1) is 31.6 Å². The molecule has 0 spiro atoms. The maximum absolute atomic E-state index is 13.2. The standard InChI is InChI=1S/C29H25Cl6N3O4/c1-13-9-15(37-27(41)42-28(2,3)4)6-8-21(13)38-25(39)17-12-16(5-7-18(17)30)36-26(40)23-22(29(23,34)35)14-10-19(31)24(33)20(32)11-14/h5-12,22-23H,1-4H3,(H,36,40)(H,37,41)(H,38,39)/t22-,23+/m0/s1. The third kappa shape index (κ3) is 7.39. The first-order valence-electron chi connectivity index (χ1n) is 12.5. The summed E-state index contributed by atoms with van der Waals surface area (Å²) in [6.45, 7) is 7.07. The van der Waals surface area contributed by atoms with Gasteiger partial charge < -0.3 is 15.4 Å². The Morgan fingerprint density at radius 1 is 0.810 bits per heavy atom. The van der Waals surface area contributed by atoms with Gasteiger partial charge in [-0.2, -0.15) is 0 Å². The first kappa shape index (κ1) is 32.5. The van der Waals surface area contributed by atoms with Gasteiger partial charge in [0, 0.05) is 23.0 Å². The fourth-order valence-electron chi connectivity index (χ4n) is 4.31. The molecule has 2 atom stereocenters. The second-order valence-electron chi connectivity index (χ2n) is 10.7. The monoisotopic (exact) mass is 689 g/mol. The van der Waals surface area contributed by atoms with Crippen LogP contribution in [0, 0.1) is 12.8 Å². The summed E-state index contributed by atoms with van der Waals surface area (Å²) < 4.78 is 3.86.